The van der Waals surface area contributed by atoms with Gasteiger partial charge in [0.2, 0.25) is 0 Å². The third kappa shape index (κ3) is 4.96. The van der Waals surface area contributed by atoms with Gasteiger partial charge in [0.05, 0.1) is 27.8 Å². The van der Waals surface area contributed by atoms with Gasteiger partial charge in [-0.05, 0) is 122 Å². The van der Waals surface area contributed by atoms with E-state index in [4.69, 9.17) is 4.42 Å². The molecule has 0 fully saturated rings. The van der Waals surface area contributed by atoms with E-state index in [0.29, 0.717) is 0 Å². The fourth-order valence-electron chi connectivity index (χ4n) is 11.5. The van der Waals surface area contributed by atoms with Crippen molar-refractivity contribution >= 4 is 60.8 Å². The van der Waals surface area contributed by atoms with Gasteiger partial charge in [0.1, 0.15) is 11.2 Å². The van der Waals surface area contributed by atoms with Gasteiger partial charge in [0, 0.05) is 38.4 Å². The van der Waals surface area contributed by atoms with Gasteiger partial charge in [-0.15, -0.1) is 0 Å². The molecule has 2 aliphatic carbocycles. The molecule has 0 saturated carbocycles. The predicted octanol–water partition coefficient (Wildman–Crippen LogP) is 16.4. The van der Waals surface area contributed by atoms with E-state index < -0.39 is 0 Å². The lowest BCUT2D eigenvalue weighted by atomic mass is 9.81. The summed E-state index contributed by atoms with van der Waals surface area (Å²) in [6, 6.07) is 71.4. The Balaban J connectivity index is 1.08. The maximum atomic E-state index is 6.90. The highest BCUT2D eigenvalue weighted by molar-refractivity contribution is 6.20. The van der Waals surface area contributed by atoms with E-state index in [2.05, 4.69) is 231 Å². The SMILES string of the molecule is CC1(C)c2ccccc2-c2ccc(N(c3cccc4c3C(C)(C)c3ccccc3-4)c3cccc4oc5cccc(-c6ccc7c(c6)c6ccccc6n7-c6ccccc6)c5c34)cc21. The summed E-state index contributed by atoms with van der Waals surface area (Å²) in [7, 11) is 0. The number of anilines is 3. The van der Waals surface area contributed by atoms with Crippen molar-refractivity contribution in [2.45, 2.75) is 38.5 Å². The largest absolute Gasteiger partial charge is 0.456 e. The maximum absolute atomic E-state index is 6.90. The van der Waals surface area contributed by atoms with Crippen LogP contribution < -0.4 is 4.90 Å². The lowest BCUT2D eigenvalue weighted by Crippen LogP contribution is -2.21. The summed E-state index contributed by atoms with van der Waals surface area (Å²) >= 11 is 0. The topological polar surface area (TPSA) is 21.3 Å². The van der Waals surface area contributed by atoms with Crippen LogP contribution in [0.2, 0.25) is 0 Å². The third-order valence-corrected chi connectivity index (χ3v) is 14.4. The van der Waals surface area contributed by atoms with Crippen LogP contribution in [0.1, 0.15) is 49.9 Å². The number of fused-ring (bicyclic) bond motifs is 12. The molecule has 2 aromatic heterocycles. The number of nitrogens with zero attached hydrogens (tertiary/aromatic N) is 2. The summed E-state index contributed by atoms with van der Waals surface area (Å²) in [5.74, 6) is 0. The minimum atomic E-state index is -0.237. The molecule has 0 spiro atoms. The van der Waals surface area contributed by atoms with E-state index in [-0.39, 0.29) is 10.8 Å². The second kappa shape index (κ2) is 13.0. The first-order chi connectivity index (χ1) is 30.8. The van der Waals surface area contributed by atoms with Crippen LogP contribution in [0.5, 0.6) is 0 Å². The van der Waals surface area contributed by atoms with Crippen LogP contribution in [0, 0.1) is 0 Å². The van der Waals surface area contributed by atoms with Gasteiger partial charge in [-0.25, -0.2) is 0 Å². The Hall–Kier alpha value is -7.62. The Kier molecular flexibility index (Phi) is 7.42. The monoisotopic (exact) mass is 808 g/mol. The minimum Gasteiger partial charge on any atom is -0.456 e. The Bertz CT molecular complexity index is 3690. The molecule has 3 heteroatoms. The molecular weight excluding hydrogens is 765 g/mol. The normalized spacial score (nSPS) is 14.3. The number of para-hydroxylation sites is 2. The van der Waals surface area contributed by atoms with Gasteiger partial charge in [-0.1, -0.05) is 155 Å². The molecule has 9 aromatic carbocycles. The first-order valence-electron chi connectivity index (χ1n) is 22.1. The van der Waals surface area contributed by atoms with E-state index in [0.717, 1.165) is 50.1 Å². The molecule has 300 valence electrons. The van der Waals surface area contributed by atoms with E-state index in [9.17, 15) is 0 Å². The van der Waals surface area contributed by atoms with Gasteiger partial charge in [-0.3, -0.25) is 0 Å². The molecule has 0 atom stereocenters. The average Bonchev–Trinajstić information content (AvgIpc) is 4.01. The Labute approximate surface area is 367 Å². The van der Waals surface area contributed by atoms with E-state index in [1.165, 1.54) is 72.0 Å². The van der Waals surface area contributed by atoms with E-state index >= 15 is 0 Å². The summed E-state index contributed by atoms with van der Waals surface area (Å²) in [6.45, 7) is 9.52. The summed E-state index contributed by atoms with van der Waals surface area (Å²) in [6.07, 6.45) is 0. The Morgan fingerprint density at radius 3 is 1.84 bits per heavy atom. The molecule has 11 aromatic rings. The lowest BCUT2D eigenvalue weighted by Gasteiger charge is -2.33. The lowest BCUT2D eigenvalue weighted by molar-refractivity contribution is 0.658. The van der Waals surface area contributed by atoms with Crippen molar-refractivity contribution in [3.05, 3.63) is 216 Å². The zero-order chi connectivity index (χ0) is 42.2. The molecule has 0 aliphatic heterocycles. The van der Waals surface area contributed by atoms with Crippen LogP contribution in [0.4, 0.5) is 17.1 Å². The van der Waals surface area contributed by atoms with Crippen molar-refractivity contribution in [2.24, 2.45) is 0 Å². The minimum absolute atomic E-state index is 0.161. The number of hydrogen-bond donors (Lipinski definition) is 0. The van der Waals surface area contributed by atoms with Crippen LogP contribution in [0.25, 0.3) is 82.8 Å². The predicted molar refractivity (Wildman–Crippen MR) is 263 cm³/mol. The van der Waals surface area contributed by atoms with Crippen LogP contribution in [-0.2, 0) is 10.8 Å². The van der Waals surface area contributed by atoms with Crippen molar-refractivity contribution in [3.63, 3.8) is 0 Å². The number of furan rings is 1. The number of rotatable bonds is 5. The quantitative estimate of drug-likeness (QED) is 0.173. The Morgan fingerprint density at radius 1 is 0.413 bits per heavy atom. The van der Waals surface area contributed by atoms with E-state index in [1.54, 1.807) is 0 Å². The molecule has 0 radical (unpaired) electrons. The van der Waals surface area contributed by atoms with Crippen molar-refractivity contribution in [1.82, 2.24) is 4.57 Å². The van der Waals surface area contributed by atoms with Crippen LogP contribution >= 0.6 is 0 Å². The first-order valence-corrected chi connectivity index (χ1v) is 22.1. The molecule has 0 N–H and O–H groups in total. The highest BCUT2D eigenvalue weighted by Crippen LogP contribution is 2.57. The van der Waals surface area contributed by atoms with Gasteiger partial charge >= 0.3 is 0 Å². The molecule has 0 bridgehead atoms. The Morgan fingerprint density at radius 2 is 1.02 bits per heavy atom. The first kappa shape index (κ1) is 36.1. The average molecular weight is 809 g/mol. The molecule has 0 saturated heterocycles. The zero-order valence-corrected chi connectivity index (χ0v) is 35.8. The van der Waals surface area contributed by atoms with Crippen molar-refractivity contribution in [1.29, 1.82) is 0 Å². The molecule has 2 heterocycles. The molecular formula is C60H44N2O. The fourth-order valence-corrected chi connectivity index (χ4v) is 11.5. The van der Waals surface area contributed by atoms with Gasteiger partial charge in [0.25, 0.3) is 0 Å². The highest BCUT2D eigenvalue weighted by atomic mass is 16.3. The molecule has 3 nitrogen and oxygen atoms in total. The summed E-state index contributed by atoms with van der Waals surface area (Å²) in [5, 5.41) is 4.67. The van der Waals surface area contributed by atoms with Gasteiger partial charge < -0.3 is 13.9 Å². The number of hydrogen-bond acceptors (Lipinski definition) is 2. The maximum Gasteiger partial charge on any atom is 0.137 e. The van der Waals surface area contributed by atoms with Crippen molar-refractivity contribution < 1.29 is 4.42 Å². The molecule has 2 aliphatic rings. The van der Waals surface area contributed by atoms with E-state index in [1.807, 2.05) is 0 Å². The summed E-state index contributed by atoms with van der Waals surface area (Å²) in [4.78, 5) is 2.54. The molecule has 0 unspecified atom stereocenters. The number of benzene rings is 9. The van der Waals surface area contributed by atoms with Gasteiger partial charge in [0.15, 0.2) is 0 Å². The standard InChI is InChI=1S/C60H44N2O/c1-59(2)47-24-11-8-19-41(47)43-33-32-39(36-49(43)59)62(53-28-14-23-45-42-20-9-12-25-48(42)60(3,4)58(45)53)52-27-16-30-55-57(52)56-40(22-15-29-54(56)63-55)37-31-34-51-46(35-37)44-21-10-13-26-50(44)61(51)38-17-6-5-7-18-38/h5-36H,1-4H3. The third-order valence-electron chi connectivity index (χ3n) is 14.4. The number of aromatic nitrogens is 1. The van der Waals surface area contributed by atoms with Crippen LogP contribution in [0.15, 0.2) is 199 Å². The second-order valence-corrected chi connectivity index (χ2v) is 18.5. The second-order valence-electron chi connectivity index (χ2n) is 18.5. The van der Waals surface area contributed by atoms with Crippen LogP contribution in [-0.4, -0.2) is 4.57 Å². The smallest absolute Gasteiger partial charge is 0.137 e. The molecule has 63 heavy (non-hydrogen) atoms. The molecule has 0 amide bonds. The fraction of sp³-hybridized carbons (Fsp3) is 0.100. The summed E-state index contributed by atoms with van der Waals surface area (Å²) < 4.78 is 9.28. The van der Waals surface area contributed by atoms with Gasteiger partial charge in [-0.2, -0.15) is 0 Å². The molecule has 13 rings (SSSR count). The highest BCUT2D eigenvalue weighted by Gasteiger charge is 2.40. The summed E-state index contributed by atoms with van der Waals surface area (Å²) in [5.41, 5.74) is 21.2. The van der Waals surface area contributed by atoms with Crippen molar-refractivity contribution in [2.75, 3.05) is 4.90 Å². The van der Waals surface area contributed by atoms with Crippen molar-refractivity contribution in [3.8, 4) is 39.1 Å². The van der Waals surface area contributed by atoms with Crippen LogP contribution in [0.3, 0.4) is 0 Å². The zero-order valence-electron chi connectivity index (χ0n) is 35.8.